The number of aromatic nitrogens is 1. The third kappa shape index (κ3) is 4.19. The zero-order valence-corrected chi connectivity index (χ0v) is 9.58. The van der Waals surface area contributed by atoms with Gasteiger partial charge >= 0.3 is 5.97 Å². The molecular formula is C12H19NO2. The molecule has 0 aliphatic heterocycles. The van der Waals surface area contributed by atoms with Crippen LogP contribution in [0.4, 0.5) is 0 Å². The van der Waals surface area contributed by atoms with Gasteiger partial charge in [-0.1, -0.05) is 20.8 Å². The van der Waals surface area contributed by atoms with Gasteiger partial charge in [0.2, 0.25) is 0 Å². The highest BCUT2D eigenvalue weighted by Gasteiger charge is 2.22. The largest absolute Gasteiger partial charge is 0.481 e. The Labute approximate surface area is 90.5 Å². The Morgan fingerprint density at radius 1 is 1.53 bits per heavy atom. The van der Waals surface area contributed by atoms with Gasteiger partial charge in [-0.05, 0) is 29.4 Å². The van der Waals surface area contributed by atoms with Crippen molar-refractivity contribution in [3.63, 3.8) is 0 Å². The lowest BCUT2D eigenvalue weighted by Crippen LogP contribution is -2.14. The van der Waals surface area contributed by atoms with Crippen LogP contribution in [0.2, 0.25) is 0 Å². The molecule has 0 fully saturated rings. The summed E-state index contributed by atoms with van der Waals surface area (Å²) >= 11 is 0. The molecule has 0 amide bonds. The second kappa shape index (κ2) is 4.51. The first kappa shape index (κ1) is 11.8. The molecule has 84 valence electrons. The van der Waals surface area contributed by atoms with Gasteiger partial charge in [0.1, 0.15) is 0 Å². The first-order valence-corrected chi connectivity index (χ1v) is 5.23. The van der Waals surface area contributed by atoms with E-state index in [1.54, 1.807) is 0 Å². The lowest BCUT2D eigenvalue weighted by molar-refractivity contribution is -0.137. The lowest BCUT2D eigenvalue weighted by atomic mass is 9.81. The second-order valence-corrected chi connectivity index (χ2v) is 5.20. The minimum absolute atomic E-state index is 0.105. The summed E-state index contributed by atoms with van der Waals surface area (Å²) in [5, 5.41) is 8.87. The van der Waals surface area contributed by atoms with Crippen LogP contribution in [0, 0.1) is 5.41 Å². The molecule has 0 saturated carbocycles. The predicted molar refractivity (Wildman–Crippen MR) is 59.9 cm³/mol. The van der Waals surface area contributed by atoms with Gasteiger partial charge < -0.3 is 10.1 Å². The number of carbonyl (C=O) groups is 1. The molecule has 0 bridgehead atoms. The molecule has 0 aromatic carbocycles. The molecule has 1 heterocycles. The van der Waals surface area contributed by atoms with Crippen molar-refractivity contribution in [2.75, 3.05) is 0 Å². The average molecular weight is 209 g/mol. The zero-order valence-electron chi connectivity index (χ0n) is 9.58. The summed E-state index contributed by atoms with van der Waals surface area (Å²) in [6.45, 7) is 6.40. The average Bonchev–Trinajstić information content (AvgIpc) is 2.50. The van der Waals surface area contributed by atoms with Crippen LogP contribution in [-0.2, 0) is 4.79 Å². The molecule has 1 aromatic rings. The summed E-state index contributed by atoms with van der Waals surface area (Å²) in [6, 6.07) is 1.96. The predicted octanol–water partition coefficient (Wildman–Crippen LogP) is 3.01. The maximum Gasteiger partial charge on any atom is 0.303 e. The maximum atomic E-state index is 10.8. The molecule has 3 nitrogen and oxygen atoms in total. The van der Waals surface area contributed by atoms with E-state index in [1.165, 1.54) is 0 Å². The molecule has 15 heavy (non-hydrogen) atoms. The Balaban J connectivity index is 2.75. The van der Waals surface area contributed by atoms with Gasteiger partial charge in [-0.25, -0.2) is 0 Å². The standard InChI is InChI=1S/C12H19NO2/c1-12(2,3)7-10(6-11(14)15)9-4-5-13-8-9/h4-5,8,10,13H,6-7H2,1-3H3,(H,14,15). The molecular weight excluding hydrogens is 190 g/mol. The monoisotopic (exact) mass is 209 g/mol. The maximum absolute atomic E-state index is 10.8. The van der Waals surface area contributed by atoms with E-state index in [2.05, 4.69) is 25.8 Å². The van der Waals surface area contributed by atoms with Gasteiger partial charge in [-0.2, -0.15) is 0 Å². The lowest BCUT2D eigenvalue weighted by Gasteiger charge is -2.24. The van der Waals surface area contributed by atoms with Crippen molar-refractivity contribution in [2.24, 2.45) is 5.41 Å². The number of carboxylic acids is 1. The Hall–Kier alpha value is -1.25. The molecule has 1 aromatic heterocycles. The minimum Gasteiger partial charge on any atom is -0.481 e. The van der Waals surface area contributed by atoms with Crippen LogP contribution in [0.15, 0.2) is 18.5 Å². The zero-order chi connectivity index (χ0) is 11.5. The smallest absolute Gasteiger partial charge is 0.303 e. The van der Waals surface area contributed by atoms with Crippen molar-refractivity contribution in [3.8, 4) is 0 Å². The molecule has 3 heteroatoms. The highest BCUT2D eigenvalue weighted by atomic mass is 16.4. The van der Waals surface area contributed by atoms with Crippen molar-refractivity contribution in [3.05, 3.63) is 24.0 Å². The molecule has 0 radical (unpaired) electrons. The van der Waals surface area contributed by atoms with E-state index < -0.39 is 5.97 Å². The third-order valence-corrected chi connectivity index (χ3v) is 2.37. The number of nitrogens with one attached hydrogen (secondary N) is 1. The molecule has 0 saturated heterocycles. The van der Waals surface area contributed by atoms with E-state index in [-0.39, 0.29) is 17.8 Å². The fraction of sp³-hybridized carbons (Fsp3) is 0.583. The summed E-state index contributed by atoms with van der Waals surface area (Å²) in [4.78, 5) is 13.8. The van der Waals surface area contributed by atoms with Crippen LogP contribution in [0.5, 0.6) is 0 Å². The fourth-order valence-electron chi connectivity index (χ4n) is 1.85. The van der Waals surface area contributed by atoms with E-state index >= 15 is 0 Å². The summed E-state index contributed by atoms with van der Waals surface area (Å²) in [5.74, 6) is -0.626. The van der Waals surface area contributed by atoms with Crippen molar-refractivity contribution >= 4 is 5.97 Å². The first-order chi connectivity index (χ1) is 6.88. The molecule has 1 rings (SSSR count). The Kier molecular flexibility index (Phi) is 3.56. The van der Waals surface area contributed by atoms with E-state index in [1.807, 2.05) is 18.5 Å². The summed E-state index contributed by atoms with van der Waals surface area (Å²) in [7, 11) is 0. The van der Waals surface area contributed by atoms with Crippen molar-refractivity contribution in [1.82, 2.24) is 4.98 Å². The van der Waals surface area contributed by atoms with Crippen LogP contribution in [-0.4, -0.2) is 16.1 Å². The second-order valence-electron chi connectivity index (χ2n) is 5.20. The number of carboxylic acid groups (broad SMARTS) is 1. The molecule has 1 atom stereocenters. The summed E-state index contributed by atoms with van der Waals surface area (Å²) in [6.07, 6.45) is 4.82. The van der Waals surface area contributed by atoms with Crippen molar-refractivity contribution in [1.29, 1.82) is 0 Å². The normalized spacial score (nSPS) is 13.8. The van der Waals surface area contributed by atoms with Gasteiger partial charge in [0.15, 0.2) is 0 Å². The van der Waals surface area contributed by atoms with Gasteiger partial charge in [0.05, 0.1) is 6.42 Å². The molecule has 2 N–H and O–H groups in total. The van der Waals surface area contributed by atoms with Crippen LogP contribution in [0.1, 0.15) is 45.1 Å². The molecule has 1 unspecified atom stereocenters. The SMILES string of the molecule is CC(C)(C)CC(CC(=O)O)c1cc[nH]c1. The number of aromatic amines is 1. The Bertz CT molecular complexity index is 309. The van der Waals surface area contributed by atoms with E-state index in [0.717, 1.165) is 12.0 Å². The number of hydrogen-bond donors (Lipinski definition) is 2. The quantitative estimate of drug-likeness (QED) is 0.800. The fourth-order valence-corrected chi connectivity index (χ4v) is 1.85. The highest BCUT2D eigenvalue weighted by Crippen LogP contribution is 2.33. The van der Waals surface area contributed by atoms with Crippen LogP contribution < -0.4 is 0 Å². The van der Waals surface area contributed by atoms with Crippen LogP contribution >= 0.6 is 0 Å². The topological polar surface area (TPSA) is 53.1 Å². The molecule has 0 aliphatic carbocycles. The number of rotatable bonds is 4. The molecule has 0 spiro atoms. The first-order valence-electron chi connectivity index (χ1n) is 5.23. The number of H-pyrrole nitrogens is 1. The van der Waals surface area contributed by atoms with Gasteiger partial charge in [0, 0.05) is 12.4 Å². The number of aliphatic carboxylic acids is 1. The minimum atomic E-state index is -0.731. The summed E-state index contributed by atoms with van der Waals surface area (Å²) in [5.41, 5.74) is 1.24. The van der Waals surface area contributed by atoms with E-state index in [4.69, 9.17) is 5.11 Å². The van der Waals surface area contributed by atoms with Gasteiger partial charge in [0.25, 0.3) is 0 Å². The van der Waals surface area contributed by atoms with Crippen LogP contribution in [0.3, 0.4) is 0 Å². The van der Waals surface area contributed by atoms with Crippen molar-refractivity contribution < 1.29 is 9.90 Å². The van der Waals surface area contributed by atoms with Gasteiger partial charge in [-0.3, -0.25) is 4.79 Å². The Morgan fingerprint density at radius 2 is 2.20 bits per heavy atom. The van der Waals surface area contributed by atoms with E-state index in [0.29, 0.717) is 0 Å². The highest BCUT2D eigenvalue weighted by molar-refractivity contribution is 5.68. The molecule has 0 aliphatic rings. The third-order valence-electron chi connectivity index (χ3n) is 2.37. The van der Waals surface area contributed by atoms with Crippen molar-refractivity contribution in [2.45, 2.75) is 39.5 Å². The van der Waals surface area contributed by atoms with Gasteiger partial charge in [-0.15, -0.1) is 0 Å². The van der Waals surface area contributed by atoms with E-state index in [9.17, 15) is 4.79 Å². The Morgan fingerprint density at radius 3 is 2.60 bits per heavy atom. The van der Waals surface area contributed by atoms with Crippen LogP contribution in [0.25, 0.3) is 0 Å². The number of hydrogen-bond acceptors (Lipinski definition) is 1. The summed E-state index contributed by atoms with van der Waals surface area (Å²) < 4.78 is 0.